The predicted molar refractivity (Wildman–Crippen MR) is 120 cm³/mol. The summed E-state index contributed by atoms with van der Waals surface area (Å²) in [6, 6.07) is 9.07. The van der Waals surface area contributed by atoms with Crippen molar-refractivity contribution in [3.63, 3.8) is 0 Å². The molecule has 2 atom stereocenters. The highest BCUT2D eigenvalue weighted by Gasteiger charge is 2.50. The fourth-order valence-corrected chi connectivity index (χ4v) is 6.27. The molecule has 0 aliphatic carbocycles. The van der Waals surface area contributed by atoms with Gasteiger partial charge in [-0.1, -0.05) is 25.1 Å². The highest BCUT2D eigenvalue weighted by molar-refractivity contribution is 5.93. The van der Waals surface area contributed by atoms with Crippen molar-refractivity contribution in [1.29, 1.82) is 0 Å². The summed E-state index contributed by atoms with van der Waals surface area (Å²) in [6.07, 6.45) is 6.92. The zero-order valence-electron chi connectivity index (χ0n) is 18.4. The lowest BCUT2D eigenvalue weighted by Gasteiger charge is -2.53. The third-order valence-electron chi connectivity index (χ3n) is 7.70. The Morgan fingerprint density at radius 3 is 2.97 bits per heavy atom. The van der Waals surface area contributed by atoms with Crippen molar-refractivity contribution in [2.75, 3.05) is 20.1 Å². The van der Waals surface area contributed by atoms with Gasteiger partial charge in [0, 0.05) is 30.1 Å². The Bertz CT molecular complexity index is 1250. The molecular weight excluding hydrogens is 388 g/mol. The molecule has 3 aliphatic rings. The number of hydrogen-bond donors (Lipinski definition) is 1. The molecule has 1 N–H and O–H groups in total. The predicted octanol–water partition coefficient (Wildman–Crippen LogP) is 4.29. The molecule has 1 saturated heterocycles. The quantitative estimate of drug-likeness (QED) is 0.692. The monoisotopic (exact) mass is 416 g/mol. The maximum atomic E-state index is 12.3. The van der Waals surface area contributed by atoms with Crippen LogP contribution < -0.4 is 5.32 Å². The second kappa shape index (κ2) is 6.57. The summed E-state index contributed by atoms with van der Waals surface area (Å²) in [5.41, 5.74) is 5.74. The van der Waals surface area contributed by atoms with E-state index in [1.165, 1.54) is 28.6 Å². The number of para-hydroxylation sites is 1. The average Bonchev–Trinajstić information content (AvgIpc) is 3.36. The minimum atomic E-state index is -0.237. The maximum Gasteiger partial charge on any atom is 0.288 e. The van der Waals surface area contributed by atoms with Crippen molar-refractivity contribution >= 4 is 22.5 Å². The van der Waals surface area contributed by atoms with Gasteiger partial charge in [-0.2, -0.15) is 0 Å². The minimum absolute atomic E-state index is 0.0582. The van der Waals surface area contributed by atoms with Gasteiger partial charge in [-0.15, -0.1) is 0 Å². The molecule has 1 fully saturated rings. The molecule has 1 aromatic carbocycles. The van der Waals surface area contributed by atoms with Gasteiger partial charge in [0.25, 0.3) is 5.91 Å². The zero-order chi connectivity index (χ0) is 21.3. The molecule has 0 saturated carbocycles. The van der Waals surface area contributed by atoms with Gasteiger partial charge < -0.3 is 14.3 Å². The van der Waals surface area contributed by atoms with Crippen LogP contribution in [0.3, 0.4) is 0 Å². The Morgan fingerprint density at radius 1 is 1.32 bits per heavy atom. The first-order valence-electron chi connectivity index (χ1n) is 11.4. The van der Waals surface area contributed by atoms with Gasteiger partial charge in [0.05, 0.1) is 17.3 Å². The van der Waals surface area contributed by atoms with Crippen LogP contribution in [0.2, 0.25) is 0 Å². The SMILES string of the molecule is CC[C@@]12C=C(c3nc(C)c(C(=O)NC)o3)n3c4c(c5ccccc53)CCN(CCC1)[C@H]42. The van der Waals surface area contributed by atoms with Crippen molar-refractivity contribution in [2.45, 2.75) is 45.6 Å². The van der Waals surface area contributed by atoms with Crippen molar-refractivity contribution in [2.24, 2.45) is 5.41 Å². The lowest BCUT2D eigenvalue weighted by atomic mass is 9.66. The number of carbonyl (C=O) groups is 1. The van der Waals surface area contributed by atoms with Crippen LogP contribution >= 0.6 is 0 Å². The summed E-state index contributed by atoms with van der Waals surface area (Å²) >= 11 is 0. The van der Waals surface area contributed by atoms with E-state index in [0.717, 1.165) is 38.0 Å². The highest BCUT2D eigenvalue weighted by atomic mass is 16.4. The molecule has 160 valence electrons. The first-order chi connectivity index (χ1) is 15.1. The van der Waals surface area contributed by atoms with Crippen LogP contribution in [-0.2, 0) is 6.42 Å². The van der Waals surface area contributed by atoms with Crippen LogP contribution in [-0.4, -0.2) is 40.5 Å². The van der Waals surface area contributed by atoms with Crippen LogP contribution in [0, 0.1) is 12.3 Å². The number of hydrogen-bond acceptors (Lipinski definition) is 4. The fraction of sp³-hybridized carbons (Fsp3) is 0.440. The van der Waals surface area contributed by atoms with Crippen LogP contribution in [0.15, 0.2) is 34.8 Å². The molecule has 3 aliphatic heterocycles. The maximum absolute atomic E-state index is 12.3. The summed E-state index contributed by atoms with van der Waals surface area (Å²) < 4.78 is 8.48. The molecule has 5 heterocycles. The number of oxazole rings is 1. The van der Waals surface area contributed by atoms with E-state index in [1.807, 2.05) is 6.92 Å². The molecule has 6 nitrogen and oxygen atoms in total. The molecular formula is C25H28N4O2. The van der Waals surface area contributed by atoms with Crippen LogP contribution in [0.25, 0.3) is 16.6 Å². The van der Waals surface area contributed by atoms with Crippen molar-refractivity contribution in [1.82, 2.24) is 19.8 Å². The summed E-state index contributed by atoms with van der Waals surface area (Å²) in [5.74, 6) is 0.592. The molecule has 0 unspecified atom stereocenters. The summed E-state index contributed by atoms with van der Waals surface area (Å²) in [6.45, 7) is 6.43. The first kappa shape index (κ1) is 18.9. The standard InChI is InChI=1S/C25H28N4O2/c1-4-25-11-7-12-28-13-10-17-16-8-5-6-9-18(16)29(20(17)22(25)28)19(14-25)24-27-15(2)21(31-24)23(30)26-3/h5-6,8-9,14,22H,4,7,10-13H2,1-3H3,(H,26,30)/t22-,25+/m1/s1. The number of carbonyl (C=O) groups excluding carboxylic acids is 1. The van der Waals surface area contributed by atoms with E-state index in [9.17, 15) is 4.79 Å². The molecule has 3 aromatic rings. The summed E-state index contributed by atoms with van der Waals surface area (Å²) in [5, 5.41) is 3.99. The number of amides is 1. The number of benzene rings is 1. The number of nitrogens with zero attached hydrogens (tertiary/aromatic N) is 3. The molecule has 0 spiro atoms. The Balaban J connectivity index is 1.67. The summed E-state index contributed by atoms with van der Waals surface area (Å²) in [4.78, 5) is 19.7. The molecule has 31 heavy (non-hydrogen) atoms. The number of nitrogens with one attached hydrogen (secondary N) is 1. The minimum Gasteiger partial charge on any atom is -0.429 e. The molecule has 1 amide bonds. The molecule has 0 radical (unpaired) electrons. The normalized spacial score (nSPS) is 24.7. The molecule has 6 heteroatoms. The van der Waals surface area contributed by atoms with Crippen LogP contribution in [0.1, 0.15) is 65.6 Å². The van der Waals surface area contributed by atoms with Gasteiger partial charge in [-0.05, 0) is 56.9 Å². The van der Waals surface area contributed by atoms with Crippen molar-refractivity contribution in [3.8, 4) is 0 Å². The molecule has 6 rings (SSSR count). The van der Waals surface area contributed by atoms with Gasteiger partial charge >= 0.3 is 0 Å². The van der Waals surface area contributed by atoms with E-state index >= 15 is 0 Å². The number of piperidine rings is 1. The van der Waals surface area contributed by atoms with Gasteiger partial charge in [0.1, 0.15) is 5.70 Å². The van der Waals surface area contributed by atoms with Crippen molar-refractivity contribution in [3.05, 3.63) is 58.9 Å². The van der Waals surface area contributed by atoms with E-state index in [2.05, 4.69) is 52.0 Å². The zero-order valence-corrected chi connectivity index (χ0v) is 18.4. The second-order valence-corrected chi connectivity index (χ2v) is 9.14. The number of aryl methyl sites for hydroxylation is 1. The van der Waals surface area contributed by atoms with E-state index in [1.54, 1.807) is 7.05 Å². The van der Waals surface area contributed by atoms with Gasteiger partial charge in [-0.3, -0.25) is 9.69 Å². The third kappa shape index (κ3) is 2.42. The lowest BCUT2D eigenvalue weighted by Crippen LogP contribution is -2.50. The Kier molecular flexibility index (Phi) is 4.00. The van der Waals surface area contributed by atoms with Gasteiger partial charge in [0.15, 0.2) is 0 Å². The van der Waals surface area contributed by atoms with E-state index in [0.29, 0.717) is 23.4 Å². The highest BCUT2D eigenvalue weighted by Crippen LogP contribution is 2.57. The van der Waals surface area contributed by atoms with Gasteiger partial charge in [0.2, 0.25) is 11.7 Å². The second-order valence-electron chi connectivity index (χ2n) is 9.14. The largest absolute Gasteiger partial charge is 0.429 e. The first-order valence-corrected chi connectivity index (χ1v) is 11.4. The van der Waals surface area contributed by atoms with Crippen LogP contribution in [0.5, 0.6) is 0 Å². The molecule has 2 aromatic heterocycles. The van der Waals surface area contributed by atoms with Gasteiger partial charge in [-0.25, -0.2) is 4.98 Å². The Hall–Kier alpha value is -2.86. The van der Waals surface area contributed by atoms with E-state index in [4.69, 9.17) is 9.40 Å². The van der Waals surface area contributed by atoms with Crippen LogP contribution in [0.4, 0.5) is 0 Å². The number of aromatic nitrogens is 2. The average molecular weight is 417 g/mol. The fourth-order valence-electron chi connectivity index (χ4n) is 6.27. The van der Waals surface area contributed by atoms with E-state index in [-0.39, 0.29) is 11.3 Å². The molecule has 0 bridgehead atoms. The number of rotatable bonds is 3. The number of fused-ring (bicyclic) bond motifs is 3. The Labute approximate surface area is 181 Å². The Morgan fingerprint density at radius 2 is 2.16 bits per heavy atom. The summed E-state index contributed by atoms with van der Waals surface area (Å²) in [7, 11) is 1.62. The topological polar surface area (TPSA) is 63.3 Å². The van der Waals surface area contributed by atoms with E-state index < -0.39 is 0 Å². The smallest absolute Gasteiger partial charge is 0.288 e. The van der Waals surface area contributed by atoms with Crippen molar-refractivity contribution < 1.29 is 9.21 Å². The lowest BCUT2D eigenvalue weighted by molar-refractivity contribution is 0.0269. The third-order valence-corrected chi connectivity index (χ3v) is 7.70.